The first-order chi connectivity index (χ1) is 17.0. The number of aromatic amines is 1. The third kappa shape index (κ3) is 6.58. The molecule has 0 bridgehead atoms. The lowest BCUT2D eigenvalue weighted by Gasteiger charge is -2.15. The lowest BCUT2D eigenvalue weighted by molar-refractivity contribution is -0.384. The van der Waals surface area contributed by atoms with Crippen LogP contribution in [0, 0.1) is 10.1 Å². The first kappa shape index (κ1) is 24.7. The van der Waals surface area contributed by atoms with Crippen molar-refractivity contribution in [3.05, 3.63) is 92.2 Å². The van der Waals surface area contributed by atoms with Gasteiger partial charge in [0.2, 0.25) is 0 Å². The normalized spacial score (nSPS) is 11.0. The summed E-state index contributed by atoms with van der Waals surface area (Å²) < 4.78 is 12.7. The molecule has 4 aromatic rings. The number of H-pyrrole nitrogens is 1. The van der Waals surface area contributed by atoms with Crippen LogP contribution in [-0.2, 0) is 19.6 Å². The number of benzene rings is 3. The molecule has 2 N–H and O–H groups in total. The molecule has 0 amide bonds. The van der Waals surface area contributed by atoms with E-state index in [1.165, 1.54) is 12.1 Å². The van der Waals surface area contributed by atoms with Crippen LogP contribution in [-0.4, -0.2) is 28.0 Å². The number of halogens is 1. The van der Waals surface area contributed by atoms with E-state index in [0.29, 0.717) is 24.7 Å². The van der Waals surface area contributed by atoms with Gasteiger partial charge in [-0.15, -0.1) is 0 Å². The number of nitrogens with zero attached hydrogens (tertiary/aromatic N) is 2. The van der Waals surface area contributed by atoms with E-state index >= 15 is 0 Å². The number of ether oxygens (including phenoxy) is 2. The molecular formula is C26H27BrN4O4. The highest BCUT2D eigenvalue weighted by molar-refractivity contribution is 9.10. The molecule has 0 radical (unpaired) electrons. The number of rotatable bonds is 12. The fraction of sp³-hybridized carbons (Fsp3) is 0.269. The predicted octanol–water partition coefficient (Wildman–Crippen LogP) is 5.93. The Morgan fingerprint density at radius 1 is 1.09 bits per heavy atom. The number of para-hydroxylation sites is 2. The Morgan fingerprint density at radius 3 is 2.60 bits per heavy atom. The Labute approximate surface area is 212 Å². The molecule has 0 atom stereocenters. The molecule has 0 saturated heterocycles. The van der Waals surface area contributed by atoms with Crippen molar-refractivity contribution >= 4 is 32.7 Å². The Morgan fingerprint density at radius 2 is 1.86 bits per heavy atom. The van der Waals surface area contributed by atoms with Crippen molar-refractivity contribution in [2.45, 2.75) is 32.9 Å². The van der Waals surface area contributed by atoms with E-state index in [2.05, 4.69) is 31.2 Å². The molecule has 0 spiro atoms. The summed E-state index contributed by atoms with van der Waals surface area (Å²) in [5, 5.41) is 14.3. The Bertz CT molecular complexity index is 1260. The molecule has 4 rings (SSSR count). The van der Waals surface area contributed by atoms with Gasteiger partial charge in [0, 0.05) is 29.6 Å². The second-order valence-electron chi connectivity index (χ2n) is 8.02. The fourth-order valence-corrected chi connectivity index (χ4v) is 4.16. The smallest absolute Gasteiger partial charge is 0.269 e. The van der Waals surface area contributed by atoms with Gasteiger partial charge in [0.15, 0.2) is 11.5 Å². The Kier molecular flexibility index (Phi) is 8.33. The molecule has 182 valence electrons. The minimum atomic E-state index is -0.416. The van der Waals surface area contributed by atoms with Crippen LogP contribution in [0.1, 0.15) is 30.3 Å². The summed E-state index contributed by atoms with van der Waals surface area (Å²) in [6, 6.07) is 18.3. The zero-order valence-electron chi connectivity index (χ0n) is 19.4. The van der Waals surface area contributed by atoms with E-state index in [1.54, 1.807) is 12.1 Å². The molecular weight excluding hydrogens is 512 g/mol. The molecule has 8 nitrogen and oxygen atoms in total. The van der Waals surface area contributed by atoms with Crippen molar-refractivity contribution in [3.63, 3.8) is 0 Å². The summed E-state index contributed by atoms with van der Waals surface area (Å²) >= 11 is 3.64. The van der Waals surface area contributed by atoms with Gasteiger partial charge in [-0.25, -0.2) is 4.98 Å². The molecule has 0 unspecified atom stereocenters. The van der Waals surface area contributed by atoms with Crippen LogP contribution in [0.2, 0.25) is 0 Å². The molecule has 0 saturated carbocycles. The molecule has 35 heavy (non-hydrogen) atoms. The number of imidazole rings is 1. The zero-order valence-corrected chi connectivity index (χ0v) is 21.0. The second-order valence-corrected chi connectivity index (χ2v) is 8.87. The maximum Gasteiger partial charge on any atom is 0.269 e. The summed E-state index contributed by atoms with van der Waals surface area (Å²) in [6.07, 6.45) is 1.84. The summed E-state index contributed by atoms with van der Waals surface area (Å²) in [7, 11) is 0. The zero-order chi connectivity index (χ0) is 24.6. The highest BCUT2D eigenvalue weighted by atomic mass is 79.9. The molecule has 3 aromatic carbocycles. The minimum Gasteiger partial charge on any atom is -0.490 e. The van der Waals surface area contributed by atoms with Gasteiger partial charge in [-0.3, -0.25) is 10.1 Å². The topological polar surface area (TPSA) is 102 Å². The number of aryl methyl sites for hydroxylation is 1. The monoisotopic (exact) mass is 538 g/mol. The SMILES string of the molecule is CCOc1cc(CNCCCc2nc3ccccc3[nH]2)c(Br)cc1OCc1ccc([N+](=O)[O-])cc1. The summed E-state index contributed by atoms with van der Waals surface area (Å²) in [5.41, 5.74) is 4.03. The number of aromatic nitrogens is 2. The average Bonchev–Trinajstić information content (AvgIpc) is 3.27. The molecule has 0 aliphatic carbocycles. The standard InChI is InChI=1S/C26H27BrN4O4/c1-2-34-24-14-19(16-28-13-5-8-26-29-22-6-3-4-7-23(22)30-26)21(27)15-25(24)35-17-18-9-11-20(12-10-18)31(32)33/h3-4,6-7,9-12,14-15,28H,2,5,8,13,16-17H2,1H3,(H,29,30). The van der Waals surface area contributed by atoms with Crippen molar-refractivity contribution in [2.24, 2.45) is 0 Å². The Balaban J connectivity index is 1.31. The molecule has 0 aliphatic rings. The molecule has 1 aromatic heterocycles. The van der Waals surface area contributed by atoms with Crippen LogP contribution < -0.4 is 14.8 Å². The van der Waals surface area contributed by atoms with E-state index < -0.39 is 4.92 Å². The van der Waals surface area contributed by atoms with Gasteiger partial charge in [-0.2, -0.15) is 0 Å². The van der Waals surface area contributed by atoms with Crippen molar-refractivity contribution < 1.29 is 14.4 Å². The molecule has 0 fully saturated rings. The van der Waals surface area contributed by atoms with E-state index in [0.717, 1.165) is 51.8 Å². The first-order valence-electron chi connectivity index (χ1n) is 11.5. The van der Waals surface area contributed by atoms with Crippen LogP contribution in [0.25, 0.3) is 11.0 Å². The summed E-state index contributed by atoms with van der Waals surface area (Å²) in [5.74, 6) is 2.28. The maximum absolute atomic E-state index is 10.8. The highest BCUT2D eigenvalue weighted by Crippen LogP contribution is 2.34. The second kappa shape index (κ2) is 11.8. The average molecular weight is 539 g/mol. The van der Waals surface area contributed by atoms with Gasteiger partial charge in [0.05, 0.1) is 22.6 Å². The van der Waals surface area contributed by atoms with Crippen LogP contribution in [0.3, 0.4) is 0 Å². The lowest BCUT2D eigenvalue weighted by Crippen LogP contribution is -2.16. The third-order valence-corrected chi connectivity index (χ3v) is 6.21. The lowest BCUT2D eigenvalue weighted by atomic mass is 10.2. The Hall–Kier alpha value is -3.43. The van der Waals surface area contributed by atoms with Gasteiger partial charge in [-0.1, -0.05) is 28.1 Å². The largest absolute Gasteiger partial charge is 0.490 e. The highest BCUT2D eigenvalue weighted by Gasteiger charge is 2.12. The van der Waals surface area contributed by atoms with Crippen molar-refractivity contribution in [1.29, 1.82) is 0 Å². The quantitative estimate of drug-likeness (QED) is 0.131. The molecule has 9 heteroatoms. The van der Waals surface area contributed by atoms with Gasteiger partial charge in [0.25, 0.3) is 5.69 Å². The van der Waals surface area contributed by atoms with Gasteiger partial charge >= 0.3 is 0 Å². The van der Waals surface area contributed by atoms with E-state index in [-0.39, 0.29) is 12.3 Å². The predicted molar refractivity (Wildman–Crippen MR) is 139 cm³/mol. The number of non-ortho nitro benzene ring substituents is 1. The van der Waals surface area contributed by atoms with Gasteiger partial charge in [-0.05, 0) is 67.4 Å². The number of hydrogen-bond donors (Lipinski definition) is 2. The van der Waals surface area contributed by atoms with Crippen LogP contribution in [0.15, 0.2) is 65.1 Å². The number of fused-ring (bicyclic) bond motifs is 1. The van der Waals surface area contributed by atoms with Gasteiger partial charge < -0.3 is 19.8 Å². The molecule has 0 aliphatic heterocycles. The molecule has 1 heterocycles. The van der Waals surface area contributed by atoms with Crippen LogP contribution >= 0.6 is 15.9 Å². The van der Waals surface area contributed by atoms with E-state index in [4.69, 9.17) is 9.47 Å². The van der Waals surface area contributed by atoms with Crippen LogP contribution in [0.5, 0.6) is 11.5 Å². The van der Waals surface area contributed by atoms with Crippen molar-refractivity contribution in [1.82, 2.24) is 15.3 Å². The van der Waals surface area contributed by atoms with Crippen LogP contribution in [0.4, 0.5) is 5.69 Å². The number of nitro benzene ring substituents is 1. The maximum atomic E-state index is 10.8. The number of nitrogens with one attached hydrogen (secondary N) is 2. The summed E-state index contributed by atoms with van der Waals surface area (Å²) in [4.78, 5) is 18.4. The third-order valence-electron chi connectivity index (χ3n) is 5.48. The van der Waals surface area contributed by atoms with Crippen molar-refractivity contribution in [3.8, 4) is 11.5 Å². The summed E-state index contributed by atoms with van der Waals surface area (Å²) in [6.45, 7) is 4.26. The first-order valence-corrected chi connectivity index (χ1v) is 12.3. The van der Waals surface area contributed by atoms with E-state index in [1.807, 2.05) is 43.3 Å². The number of hydrogen-bond acceptors (Lipinski definition) is 6. The van der Waals surface area contributed by atoms with Crippen molar-refractivity contribution in [2.75, 3.05) is 13.2 Å². The minimum absolute atomic E-state index is 0.0564. The number of nitro groups is 1. The van der Waals surface area contributed by atoms with E-state index in [9.17, 15) is 10.1 Å². The fourth-order valence-electron chi connectivity index (χ4n) is 3.70. The van der Waals surface area contributed by atoms with Gasteiger partial charge in [0.1, 0.15) is 12.4 Å².